The van der Waals surface area contributed by atoms with Crippen LogP contribution in [0, 0.1) is 23.6 Å². The minimum absolute atomic E-state index is 0.00650. The van der Waals surface area contributed by atoms with Gasteiger partial charge in [0, 0.05) is 62.3 Å². The average Bonchev–Trinajstić information content (AvgIpc) is 3.38. The van der Waals surface area contributed by atoms with Crippen LogP contribution in [0.3, 0.4) is 0 Å². The molecule has 1 saturated heterocycles. The van der Waals surface area contributed by atoms with Crippen LogP contribution >= 0.6 is 0 Å². The number of benzene rings is 1. The number of amides is 2. The van der Waals surface area contributed by atoms with Gasteiger partial charge in [-0.25, -0.2) is 4.39 Å². The number of likely N-dealkylation sites (tertiary alicyclic amines) is 1. The van der Waals surface area contributed by atoms with Crippen LogP contribution in [-0.4, -0.2) is 117 Å². The van der Waals surface area contributed by atoms with Crippen molar-refractivity contribution < 1.29 is 44.0 Å². The molecule has 2 aliphatic heterocycles. The molecule has 242 valence electrons. The third-order valence-corrected chi connectivity index (χ3v) is 10.6. The van der Waals surface area contributed by atoms with Crippen molar-refractivity contribution in [2.45, 2.75) is 43.9 Å². The summed E-state index contributed by atoms with van der Waals surface area (Å²) in [5.41, 5.74) is 1.45. The molecule has 0 spiro atoms. The van der Waals surface area contributed by atoms with Crippen molar-refractivity contribution in [3.63, 3.8) is 0 Å². The number of anilines is 1. The number of fused-ring (bicyclic) bond motifs is 6. The quantitative estimate of drug-likeness (QED) is 0.195. The number of rotatable bonds is 5. The van der Waals surface area contributed by atoms with Gasteiger partial charge >= 0.3 is 0 Å². The molecule has 13 nitrogen and oxygen atoms in total. The molecule has 2 fully saturated rings. The Bertz CT molecular complexity index is 1620. The molecule has 1 saturated carbocycles. The monoisotopic (exact) mass is 627 g/mol. The number of aliphatic hydroxyl groups is 3. The molecule has 5 aliphatic rings. The number of aliphatic hydroxyl groups excluding tert-OH is 2. The zero-order valence-corrected chi connectivity index (χ0v) is 25.6. The minimum Gasteiger partial charge on any atom is -0.508 e. The number of phenolic OH excluding ortho intramolecular Hbond substituents is 1. The fourth-order valence-electron chi connectivity index (χ4n) is 8.29. The van der Waals surface area contributed by atoms with E-state index in [2.05, 4.69) is 10.2 Å². The average molecular weight is 628 g/mol. The van der Waals surface area contributed by atoms with Crippen LogP contribution in [0.25, 0.3) is 5.76 Å². The molecule has 0 aromatic heterocycles. The normalized spacial score (nSPS) is 30.8. The summed E-state index contributed by atoms with van der Waals surface area (Å²) in [6.07, 6.45) is 0.512. The second-order valence-corrected chi connectivity index (χ2v) is 13.1. The molecule has 0 radical (unpaired) electrons. The highest BCUT2D eigenvalue weighted by Gasteiger charge is 2.64. The second kappa shape index (κ2) is 10.5. The predicted molar refractivity (Wildman–Crippen MR) is 158 cm³/mol. The highest BCUT2D eigenvalue weighted by atomic mass is 19.1. The van der Waals surface area contributed by atoms with Gasteiger partial charge in [0.1, 0.15) is 28.7 Å². The van der Waals surface area contributed by atoms with Crippen LogP contribution in [0.15, 0.2) is 16.9 Å². The number of hydrogen-bond acceptors (Lipinski definition) is 11. The predicted octanol–water partition coefficient (Wildman–Crippen LogP) is 0.370. The van der Waals surface area contributed by atoms with Crippen molar-refractivity contribution >= 4 is 34.8 Å². The van der Waals surface area contributed by atoms with E-state index in [0.717, 1.165) is 6.42 Å². The maximum Gasteiger partial charge on any atom is 0.255 e. The lowest BCUT2D eigenvalue weighted by Gasteiger charge is -2.50. The van der Waals surface area contributed by atoms with Gasteiger partial charge in [-0.3, -0.25) is 29.0 Å². The lowest BCUT2D eigenvalue weighted by molar-refractivity contribution is -0.153. The molecule has 0 bridgehead atoms. The van der Waals surface area contributed by atoms with E-state index in [1.807, 2.05) is 0 Å². The van der Waals surface area contributed by atoms with Gasteiger partial charge in [-0.05, 0) is 51.7 Å². The van der Waals surface area contributed by atoms with Gasteiger partial charge in [0.25, 0.3) is 5.91 Å². The van der Waals surface area contributed by atoms with Crippen molar-refractivity contribution in [2.75, 3.05) is 52.6 Å². The summed E-state index contributed by atoms with van der Waals surface area (Å²) in [7, 11) is 4.73. The van der Waals surface area contributed by atoms with Crippen LogP contribution < -0.4 is 11.1 Å². The van der Waals surface area contributed by atoms with E-state index in [9.17, 15) is 39.6 Å². The Hall–Kier alpha value is -4.01. The van der Waals surface area contributed by atoms with Crippen molar-refractivity contribution in [3.05, 3.63) is 39.4 Å². The summed E-state index contributed by atoms with van der Waals surface area (Å²) < 4.78 is 16.8. The lowest BCUT2D eigenvalue weighted by atomic mass is 9.57. The standard InChI is InChI=1S/C31H38FN5O8/c1-12(38)36(4)7-8-37-6-5-13-11-34-22-19(23(13)37)21(32)15-9-14-10-16-24(35(2)3)27(41)20(30(33)44)29(43)31(16,45)28(42)17(14)25(39)18(15)26(22)40/h13-14,16,23-24,34,39-40,43,45H,5-11H2,1-4H3,(H2,33,44)/t13?,14-,16-,23?,24-,31-/m0/s1. The third-order valence-electron chi connectivity index (χ3n) is 10.6. The van der Waals surface area contributed by atoms with Crippen LogP contribution in [0.1, 0.15) is 42.5 Å². The second-order valence-electron chi connectivity index (χ2n) is 13.1. The number of likely N-dealkylation sites (N-methyl/N-ethyl adjacent to an activating group) is 2. The minimum atomic E-state index is -2.77. The zero-order valence-electron chi connectivity index (χ0n) is 25.6. The first kappa shape index (κ1) is 31.0. The highest BCUT2D eigenvalue weighted by molar-refractivity contribution is 6.24. The van der Waals surface area contributed by atoms with Crippen LogP contribution in [0.4, 0.5) is 10.1 Å². The molecule has 14 heteroatoms. The summed E-state index contributed by atoms with van der Waals surface area (Å²) in [4.78, 5) is 56.4. The van der Waals surface area contributed by atoms with Crippen LogP contribution in [0.5, 0.6) is 5.75 Å². The van der Waals surface area contributed by atoms with Gasteiger partial charge in [-0.2, -0.15) is 0 Å². The maximum absolute atomic E-state index is 16.8. The topological polar surface area (TPSA) is 197 Å². The summed E-state index contributed by atoms with van der Waals surface area (Å²) in [5.74, 6) is -8.49. The van der Waals surface area contributed by atoms with Gasteiger partial charge in [0.2, 0.25) is 11.7 Å². The van der Waals surface area contributed by atoms with E-state index in [4.69, 9.17) is 5.73 Å². The molecule has 2 unspecified atom stereocenters. The third kappa shape index (κ3) is 4.22. The molecular formula is C31H38FN5O8. The number of aromatic hydroxyl groups is 1. The number of hydrogen-bond donors (Lipinski definition) is 6. The van der Waals surface area contributed by atoms with Crippen molar-refractivity contribution in [1.82, 2.24) is 14.7 Å². The Morgan fingerprint density at radius 1 is 1.18 bits per heavy atom. The van der Waals surface area contributed by atoms with E-state index in [1.165, 1.54) is 25.9 Å². The molecule has 2 amide bonds. The number of phenols is 1. The van der Waals surface area contributed by atoms with Gasteiger partial charge in [-0.1, -0.05) is 0 Å². The Labute approximate surface area is 258 Å². The lowest BCUT2D eigenvalue weighted by Crippen LogP contribution is -2.65. The molecule has 7 N–H and O–H groups in total. The summed E-state index contributed by atoms with van der Waals surface area (Å²) >= 11 is 0. The van der Waals surface area contributed by atoms with Crippen LogP contribution in [-0.2, 0) is 25.6 Å². The number of Topliss-reactive ketones (excluding diaryl/α,β-unsaturated/α-hetero) is 2. The smallest absolute Gasteiger partial charge is 0.255 e. The first-order valence-corrected chi connectivity index (χ1v) is 15.0. The van der Waals surface area contributed by atoms with Gasteiger partial charge in [0.05, 0.1) is 17.3 Å². The molecule has 1 aromatic rings. The van der Waals surface area contributed by atoms with Crippen LogP contribution in [0.2, 0.25) is 0 Å². The molecule has 1 aromatic carbocycles. The SMILES string of the molecule is CC(=O)N(C)CCN1CCC2CNc3c(O)c4c(c(F)c3C21)C[C@H]1C[C@H]2[C@H](N(C)C)C(=O)C(C(N)=O)=C(O)[C@@]2(O)C(=O)C1=C4O. The summed E-state index contributed by atoms with van der Waals surface area (Å²) in [6.45, 7) is 3.49. The largest absolute Gasteiger partial charge is 0.508 e. The van der Waals surface area contributed by atoms with Gasteiger partial charge < -0.3 is 36.4 Å². The first-order valence-electron chi connectivity index (χ1n) is 15.0. The Morgan fingerprint density at radius 2 is 1.87 bits per heavy atom. The maximum atomic E-state index is 16.8. The zero-order chi connectivity index (χ0) is 32.9. The van der Waals surface area contributed by atoms with Crippen molar-refractivity contribution in [2.24, 2.45) is 23.5 Å². The van der Waals surface area contributed by atoms with E-state index in [1.54, 1.807) is 11.9 Å². The van der Waals surface area contributed by atoms with Gasteiger partial charge in [0.15, 0.2) is 11.4 Å². The molecule has 45 heavy (non-hydrogen) atoms. The summed E-state index contributed by atoms with van der Waals surface area (Å²) in [6, 6.07) is -1.62. The number of nitrogens with zero attached hydrogens (tertiary/aromatic N) is 3. The van der Waals surface area contributed by atoms with Gasteiger partial charge in [-0.15, -0.1) is 0 Å². The summed E-state index contributed by atoms with van der Waals surface area (Å²) in [5, 5.41) is 49.0. The van der Waals surface area contributed by atoms with Crippen molar-refractivity contribution in [1.29, 1.82) is 0 Å². The van der Waals surface area contributed by atoms with Crippen molar-refractivity contribution in [3.8, 4) is 5.75 Å². The fourth-order valence-corrected chi connectivity index (χ4v) is 8.29. The molecule has 3 aliphatic carbocycles. The molecule has 2 heterocycles. The van der Waals surface area contributed by atoms with E-state index < -0.39 is 75.7 Å². The molecule has 6 atom stereocenters. The highest BCUT2D eigenvalue weighted by Crippen LogP contribution is 2.56. The van der Waals surface area contributed by atoms with E-state index >= 15 is 4.39 Å². The molecular weight excluding hydrogens is 589 g/mol. The Balaban J connectivity index is 1.48. The first-order chi connectivity index (χ1) is 21.1. The molecule has 6 rings (SSSR count). The number of primary amides is 1. The number of nitrogens with one attached hydrogen (secondary N) is 1. The Kier molecular flexibility index (Phi) is 7.25. The Morgan fingerprint density at radius 3 is 2.49 bits per heavy atom. The van der Waals surface area contributed by atoms with E-state index in [0.29, 0.717) is 26.2 Å². The van der Waals surface area contributed by atoms with E-state index in [-0.39, 0.29) is 52.6 Å². The number of carbonyl (C=O) groups excluding carboxylic acids is 4. The number of carbonyl (C=O) groups is 4. The number of halogens is 1. The fraction of sp³-hybridized carbons (Fsp3) is 0.548. The number of nitrogens with two attached hydrogens (primary N) is 1. The number of ketones is 2.